The van der Waals surface area contributed by atoms with Gasteiger partial charge in [0.25, 0.3) is 0 Å². The van der Waals surface area contributed by atoms with E-state index < -0.39 is 10.0 Å². The number of hydrogen-bond donors (Lipinski definition) is 0. The van der Waals surface area contributed by atoms with E-state index in [1.54, 1.807) is 31.3 Å². The van der Waals surface area contributed by atoms with Crippen LogP contribution in [0.2, 0.25) is 0 Å². The van der Waals surface area contributed by atoms with Crippen molar-refractivity contribution in [3.63, 3.8) is 0 Å². The first kappa shape index (κ1) is 24.2. The number of ether oxygens (including phenoxy) is 1. The van der Waals surface area contributed by atoms with Gasteiger partial charge in [-0.1, -0.05) is 35.5 Å². The largest absolute Gasteiger partial charge is 0.497 e. The van der Waals surface area contributed by atoms with Gasteiger partial charge in [0, 0.05) is 31.6 Å². The van der Waals surface area contributed by atoms with Gasteiger partial charge in [0.2, 0.25) is 27.6 Å². The molecule has 0 unspecified atom stereocenters. The third-order valence-corrected chi connectivity index (χ3v) is 6.34. The van der Waals surface area contributed by atoms with Crippen LogP contribution in [0.15, 0.2) is 53.1 Å². The molecule has 0 fully saturated rings. The Labute approximate surface area is 194 Å². The summed E-state index contributed by atoms with van der Waals surface area (Å²) < 4.78 is 36.3. The quantitative estimate of drug-likeness (QED) is 0.446. The van der Waals surface area contributed by atoms with Crippen molar-refractivity contribution in [1.82, 2.24) is 15.0 Å². The molecule has 1 amide bonds. The first-order valence-electron chi connectivity index (χ1n) is 10.4. The van der Waals surface area contributed by atoms with Crippen molar-refractivity contribution in [3.8, 4) is 17.1 Å². The summed E-state index contributed by atoms with van der Waals surface area (Å²) in [6, 6.07) is 14.5. The normalized spacial score (nSPS) is 11.3. The average Bonchev–Trinajstić information content (AvgIpc) is 3.24. The van der Waals surface area contributed by atoms with Crippen LogP contribution in [0.25, 0.3) is 11.4 Å². The van der Waals surface area contributed by atoms with Crippen molar-refractivity contribution in [3.05, 3.63) is 60.0 Å². The average molecular weight is 473 g/mol. The van der Waals surface area contributed by atoms with E-state index in [-0.39, 0.29) is 25.4 Å². The Morgan fingerprint density at radius 3 is 2.61 bits per heavy atom. The van der Waals surface area contributed by atoms with E-state index in [4.69, 9.17) is 9.26 Å². The van der Waals surface area contributed by atoms with Crippen LogP contribution in [0.4, 0.5) is 5.69 Å². The van der Waals surface area contributed by atoms with Gasteiger partial charge in [-0.05, 0) is 31.0 Å². The molecule has 0 atom stereocenters. The highest BCUT2D eigenvalue weighted by Crippen LogP contribution is 2.24. The van der Waals surface area contributed by atoms with Crippen LogP contribution in [0.5, 0.6) is 5.75 Å². The first-order valence-corrected chi connectivity index (χ1v) is 12.3. The molecular formula is C23H28N4O5S. The zero-order valence-corrected chi connectivity index (χ0v) is 20.0. The van der Waals surface area contributed by atoms with Crippen LogP contribution >= 0.6 is 0 Å². The molecule has 0 aliphatic rings. The van der Waals surface area contributed by atoms with Gasteiger partial charge in [-0.2, -0.15) is 4.98 Å². The predicted molar refractivity (Wildman–Crippen MR) is 125 cm³/mol. The van der Waals surface area contributed by atoms with Gasteiger partial charge in [-0.15, -0.1) is 0 Å². The number of benzene rings is 2. The highest BCUT2D eigenvalue weighted by Gasteiger charge is 2.20. The molecule has 33 heavy (non-hydrogen) atoms. The number of aromatic nitrogens is 2. The topological polar surface area (TPSA) is 106 Å². The predicted octanol–water partition coefficient (Wildman–Crippen LogP) is 3.26. The van der Waals surface area contributed by atoms with E-state index in [1.807, 2.05) is 31.2 Å². The summed E-state index contributed by atoms with van der Waals surface area (Å²) in [6.07, 6.45) is 1.67. The molecule has 0 spiro atoms. The summed E-state index contributed by atoms with van der Waals surface area (Å²) in [5.41, 5.74) is 2.40. The fourth-order valence-corrected chi connectivity index (χ4v) is 4.32. The minimum Gasteiger partial charge on any atom is -0.497 e. The van der Waals surface area contributed by atoms with Gasteiger partial charge in [0.15, 0.2) is 0 Å². The summed E-state index contributed by atoms with van der Waals surface area (Å²) in [5.74, 6) is 1.22. The molecule has 176 valence electrons. The van der Waals surface area contributed by atoms with E-state index >= 15 is 0 Å². The Morgan fingerprint density at radius 2 is 1.91 bits per heavy atom. The molecule has 2 aromatic carbocycles. The summed E-state index contributed by atoms with van der Waals surface area (Å²) in [7, 11) is -0.348. The molecular weight excluding hydrogens is 444 g/mol. The fourth-order valence-electron chi connectivity index (χ4n) is 3.36. The Morgan fingerprint density at radius 1 is 1.15 bits per heavy atom. The number of amides is 1. The zero-order valence-electron chi connectivity index (χ0n) is 19.2. The molecule has 1 heterocycles. The minimum atomic E-state index is -3.52. The Balaban J connectivity index is 1.58. The second kappa shape index (κ2) is 10.5. The number of methoxy groups -OCH3 is 1. The summed E-state index contributed by atoms with van der Waals surface area (Å²) in [6.45, 7) is 2.30. The van der Waals surface area contributed by atoms with Gasteiger partial charge in [0.1, 0.15) is 5.75 Å². The van der Waals surface area contributed by atoms with Crippen molar-refractivity contribution in [2.24, 2.45) is 0 Å². The third kappa shape index (κ3) is 6.32. The van der Waals surface area contributed by atoms with E-state index in [0.717, 1.165) is 17.4 Å². The lowest BCUT2D eigenvalue weighted by atomic mass is 10.1. The van der Waals surface area contributed by atoms with E-state index in [0.29, 0.717) is 29.6 Å². The Kier molecular flexibility index (Phi) is 7.70. The van der Waals surface area contributed by atoms with Crippen molar-refractivity contribution < 1.29 is 22.5 Å². The van der Waals surface area contributed by atoms with Crippen molar-refractivity contribution >= 4 is 21.6 Å². The lowest BCUT2D eigenvalue weighted by molar-refractivity contribution is -0.130. The molecule has 0 N–H and O–H groups in total. The molecule has 0 saturated heterocycles. The lowest BCUT2D eigenvalue weighted by Crippen LogP contribution is -2.32. The van der Waals surface area contributed by atoms with Crippen LogP contribution < -0.4 is 9.04 Å². The van der Waals surface area contributed by atoms with Gasteiger partial charge in [-0.25, -0.2) is 8.42 Å². The van der Waals surface area contributed by atoms with Gasteiger partial charge in [0.05, 0.1) is 25.6 Å². The monoisotopic (exact) mass is 472 g/mol. The van der Waals surface area contributed by atoms with E-state index in [1.165, 1.54) is 16.3 Å². The molecule has 0 saturated carbocycles. The van der Waals surface area contributed by atoms with Gasteiger partial charge in [-0.3, -0.25) is 9.10 Å². The standard InChI is InChI=1S/C23H28N4O5S/c1-17-9-5-6-12-20(17)23-24-21(32-25-23)16-26(2)22(28)13-8-14-27(33(4,29)30)18-10-7-11-19(15-18)31-3/h5-7,9-12,15H,8,13-14,16H2,1-4H3. The molecule has 10 heteroatoms. The minimum absolute atomic E-state index is 0.148. The smallest absolute Gasteiger partial charge is 0.246 e. The van der Waals surface area contributed by atoms with Crippen LogP contribution in [0, 0.1) is 6.92 Å². The maximum atomic E-state index is 12.6. The van der Waals surface area contributed by atoms with Crippen LogP contribution in [-0.2, 0) is 21.4 Å². The van der Waals surface area contributed by atoms with E-state index in [9.17, 15) is 13.2 Å². The first-order chi connectivity index (χ1) is 15.7. The maximum Gasteiger partial charge on any atom is 0.246 e. The molecule has 0 aliphatic heterocycles. The summed E-state index contributed by atoms with van der Waals surface area (Å²) in [5, 5.41) is 4.01. The molecule has 0 radical (unpaired) electrons. The van der Waals surface area contributed by atoms with Crippen LogP contribution in [0.3, 0.4) is 0 Å². The number of rotatable bonds is 10. The lowest BCUT2D eigenvalue weighted by Gasteiger charge is -2.23. The molecule has 9 nitrogen and oxygen atoms in total. The van der Waals surface area contributed by atoms with Crippen LogP contribution in [-0.4, -0.2) is 56.3 Å². The summed E-state index contributed by atoms with van der Waals surface area (Å²) in [4.78, 5) is 18.5. The van der Waals surface area contributed by atoms with Crippen molar-refractivity contribution in [1.29, 1.82) is 0 Å². The zero-order chi connectivity index (χ0) is 24.0. The number of carbonyl (C=O) groups excluding carboxylic acids is 1. The SMILES string of the molecule is COc1cccc(N(CCCC(=O)N(C)Cc2nc(-c3ccccc3C)no2)S(C)(=O)=O)c1. The highest BCUT2D eigenvalue weighted by molar-refractivity contribution is 7.92. The number of sulfonamides is 1. The fraction of sp³-hybridized carbons (Fsp3) is 0.348. The highest BCUT2D eigenvalue weighted by atomic mass is 32.2. The second-order valence-corrected chi connectivity index (χ2v) is 9.62. The van der Waals surface area contributed by atoms with Crippen molar-refractivity contribution in [2.45, 2.75) is 26.3 Å². The molecule has 0 bridgehead atoms. The Hall–Kier alpha value is -3.40. The number of anilines is 1. The maximum absolute atomic E-state index is 12.6. The number of carbonyl (C=O) groups is 1. The number of hydrogen-bond acceptors (Lipinski definition) is 7. The van der Waals surface area contributed by atoms with Crippen molar-refractivity contribution in [2.75, 3.05) is 31.3 Å². The molecule has 0 aliphatic carbocycles. The molecule has 3 aromatic rings. The van der Waals surface area contributed by atoms with Crippen LogP contribution in [0.1, 0.15) is 24.3 Å². The third-order valence-electron chi connectivity index (χ3n) is 5.15. The Bertz CT molecular complexity index is 1210. The summed E-state index contributed by atoms with van der Waals surface area (Å²) >= 11 is 0. The number of aryl methyl sites for hydroxylation is 1. The second-order valence-electron chi connectivity index (χ2n) is 7.72. The van der Waals surface area contributed by atoms with Gasteiger partial charge >= 0.3 is 0 Å². The molecule has 1 aromatic heterocycles. The van der Waals surface area contributed by atoms with E-state index in [2.05, 4.69) is 10.1 Å². The van der Waals surface area contributed by atoms with Gasteiger partial charge < -0.3 is 14.2 Å². The number of nitrogens with zero attached hydrogens (tertiary/aromatic N) is 4. The molecule has 3 rings (SSSR count).